The van der Waals surface area contributed by atoms with Gasteiger partial charge in [0.25, 0.3) is 12.4 Å². The van der Waals surface area contributed by atoms with Gasteiger partial charge < -0.3 is 10.4 Å². The molecule has 0 aliphatic rings. The maximum absolute atomic E-state index is 9.96. The smallest absolute Gasteiger partial charge is 0.339 e. The molecule has 2 aromatic rings. The number of aromatic nitrogens is 4. The van der Waals surface area contributed by atoms with Gasteiger partial charge in [-0.05, 0) is 12.8 Å². The molecule has 0 radical (unpaired) electrons. The fourth-order valence-corrected chi connectivity index (χ4v) is 2.35. The van der Waals surface area contributed by atoms with E-state index in [2.05, 4.69) is 31.3 Å². The van der Waals surface area contributed by atoms with Crippen LogP contribution in [0.1, 0.15) is 44.9 Å². The van der Waals surface area contributed by atoms with Gasteiger partial charge in [0.05, 0.1) is 0 Å². The van der Waals surface area contributed by atoms with Crippen LogP contribution in [0.15, 0.2) is 42.2 Å². The molecule has 0 bridgehead atoms. The highest BCUT2D eigenvalue weighted by molar-refractivity contribution is 5.09. The molecule has 25 heavy (non-hydrogen) atoms. The first-order chi connectivity index (χ1) is 12.3. The summed E-state index contributed by atoms with van der Waals surface area (Å²) in [6.07, 6.45) is 10.7. The zero-order valence-corrected chi connectivity index (χ0v) is 13.7. The molecule has 2 heterocycles. The molecule has 0 aliphatic carbocycles. The van der Waals surface area contributed by atoms with Gasteiger partial charge in [0.15, 0.2) is 13.1 Å². The van der Waals surface area contributed by atoms with Gasteiger partial charge >= 0.3 is 11.8 Å². The first-order valence-electron chi connectivity index (χ1n) is 8.11. The van der Waals surface area contributed by atoms with E-state index in [1.54, 1.807) is 21.8 Å². The van der Waals surface area contributed by atoms with Crippen LogP contribution < -0.4 is 9.36 Å². The van der Waals surface area contributed by atoms with Crippen molar-refractivity contribution in [2.45, 2.75) is 58.0 Å². The summed E-state index contributed by atoms with van der Waals surface area (Å²) in [7, 11) is 0. The Balaban J connectivity index is 1.45. The van der Waals surface area contributed by atoms with E-state index in [0.717, 1.165) is 58.0 Å². The lowest BCUT2D eigenvalue weighted by molar-refractivity contribution is -0.762. The minimum absolute atomic E-state index is 0.114. The highest BCUT2D eigenvalue weighted by Gasteiger charge is 2.10. The Morgan fingerprint density at radius 2 is 1.12 bits per heavy atom. The number of hydrogen-bond donors (Lipinski definition) is 0. The van der Waals surface area contributed by atoms with E-state index in [0.29, 0.717) is 0 Å². The number of nitrogens with zero attached hydrogens (tertiary/aromatic N) is 8. The quantitative estimate of drug-likeness (QED) is 0.247. The van der Waals surface area contributed by atoms with Gasteiger partial charge in [-0.2, -0.15) is 0 Å². The van der Waals surface area contributed by atoms with E-state index in [4.69, 9.17) is 9.05 Å². The van der Waals surface area contributed by atoms with E-state index in [-0.39, 0.29) is 11.8 Å². The zero-order chi connectivity index (χ0) is 17.7. The van der Waals surface area contributed by atoms with Crippen LogP contribution in [0.2, 0.25) is 0 Å². The molecule has 0 unspecified atom stereocenters. The molecule has 12 nitrogen and oxygen atoms in total. The molecule has 0 spiro atoms. The molecule has 2 aromatic heterocycles. The van der Waals surface area contributed by atoms with E-state index < -0.39 is 0 Å². The van der Waals surface area contributed by atoms with Crippen molar-refractivity contribution in [2.24, 2.45) is 20.8 Å². The predicted octanol–water partition coefficient (Wildman–Crippen LogP) is 2.83. The predicted molar refractivity (Wildman–Crippen MR) is 81.5 cm³/mol. The number of rotatable bonds is 12. The molecule has 0 saturated carbocycles. The standard InChI is InChI=1S/C13H20N8O4/c22-16-14-12-10-20(18-24-12)8-6-4-2-1-3-5-7-9-21-11-13(15-17-23)25-19-21/h10-11H,1-9H2. The van der Waals surface area contributed by atoms with Crippen LogP contribution in [0.3, 0.4) is 0 Å². The lowest BCUT2D eigenvalue weighted by atomic mass is 10.1. The molecule has 0 atom stereocenters. The second-order valence-electron chi connectivity index (χ2n) is 5.44. The Morgan fingerprint density at radius 3 is 1.52 bits per heavy atom. The van der Waals surface area contributed by atoms with E-state index >= 15 is 0 Å². The van der Waals surface area contributed by atoms with Gasteiger partial charge in [-0.25, -0.2) is 10.6 Å². The molecule has 12 heteroatoms. The summed E-state index contributed by atoms with van der Waals surface area (Å²) in [4.78, 5) is 0. The van der Waals surface area contributed by atoms with Crippen LogP contribution >= 0.6 is 0 Å². The van der Waals surface area contributed by atoms with E-state index in [1.807, 2.05) is 0 Å². The summed E-state index contributed by atoms with van der Waals surface area (Å²) >= 11 is 0. The second-order valence-corrected chi connectivity index (χ2v) is 5.44. The van der Waals surface area contributed by atoms with Crippen LogP contribution in [-0.4, -0.2) is 10.5 Å². The summed E-state index contributed by atoms with van der Waals surface area (Å²) in [6, 6.07) is 0. The Kier molecular flexibility index (Phi) is 7.94. The third kappa shape index (κ3) is 7.01. The van der Waals surface area contributed by atoms with Gasteiger partial charge in [0.1, 0.15) is 0 Å². The largest absolute Gasteiger partial charge is 0.775 e. The maximum Gasteiger partial charge on any atom is 0.339 e. The van der Waals surface area contributed by atoms with Crippen molar-refractivity contribution in [1.82, 2.24) is 10.5 Å². The summed E-state index contributed by atoms with van der Waals surface area (Å²) in [5, 5.41) is 38.6. The molecule has 136 valence electrons. The first-order valence-corrected chi connectivity index (χ1v) is 8.11. The van der Waals surface area contributed by atoms with Gasteiger partial charge in [-0.15, -0.1) is 10.2 Å². The summed E-state index contributed by atoms with van der Waals surface area (Å²) in [6.45, 7) is 1.45. The molecule has 0 N–H and O–H groups in total. The lowest BCUT2D eigenvalue weighted by Crippen LogP contribution is -2.34. The van der Waals surface area contributed by atoms with Crippen molar-refractivity contribution in [3.05, 3.63) is 22.8 Å². The molecule has 0 saturated heterocycles. The Morgan fingerprint density at radius 1 is 0.720 bits per heavy atom. The molecule has 0 aliphatic heterocycles. The van der Waals surface area contributed by atoms with Crippen molar-refractivity contribution >= 4 is 11.8 Å². The van der Waals surface area contributed by atoms with Gasteiger partial charge in [-0.3, -0.25) is 9.05 Å². The Hall–Kier alpha value is -2.92. The lowest BCUT2D eigenvalue weighted by Gasteiger charge is -1.98. The fourth-order valence-electron chi connectivity index (χ4n) is 2.35. The minimum Gasteiger partial charge on any atom is -0.775 e. The van der Waals surface area contributed by atoms with Crippen molar-refractivity contribution in [3.63, 3.8) is 0 Å². The number of aryl methyl sites for hydroxylation is 2. The molecule has 0 amide bonds. The van der Waals surface area contributed by atoms with Crippen molar-refractivity contribution in [1.29, 1.82) is 0 Å². The van der Waals surface area contributed by atoms with Crippen LogP contribution in [0.5, 0.6) is 0 Å². The number of hydrogen-bond acceptors (Lipinski definition) is 10. The van der Waals surface area contributed by atoms with E-state index in [9.17, 15) is 10.4 Å². The first kappa shape index (κ1) is 18.4. The SMILES string of the molecule is [O-]/N=N/c1c[n+](CCCCCCCCC[n+]2cc(/N=N/[O-])on2)no1. The van der Waals surface area contributed by atoms with Gasteiger partial charge in [0, 0.05) is 12.8 Å². The Labute approximate surface area is 143 Å². The van der Waals surface area contributed by atoms with E-state index in [1.165, 1.54) is 0 Å². The van der Waals surface area contributed by atoms with Crippen molar-refractivity contribution in [3.8, 4) is 0 Å². The Bertz CT molecular complexity index is 612. The normalized spacial score (nSPS) is 11.8. The average molecular weight is 352 g/mol. The third-order valence-electron chi connectivity index (χ3n) is 3.55. The van der Waals surface area contributed by atoms with Crippen LogP contribution in [0, 0.1) is 10.4 Å². The van der Waals surface area contributed by atoms with Gasteiger partial charge in [0.2, 0.25) is 10.5 Å². The topological polar surface area (TPSA) is 155 Å². The molecular weight excluding hydrogens is 332 g/mol. The fraction of sp³-hybridized carbons (Fsp3) is 0.692. The minimum atomic E-state index is 0.114. The van der Waals surface area contributed by atoms with Crippen molar-refractivity contribution in [2.75, 3.05) is 0 Å². The van der Waals surface area contributed by atoms with Crippen molar-refractivity contribution < 1.29 is 18.4 Å². The zero-order valence-electron chi connectivity index (χ0n) is 13.7. The van der Waals surface area contributed by atoms with Crippen LogP contribution in [0.25, 0.3) is 0 Å². The highest BCUT2D eigenvalue weighted by Crippen LogP contribution is 2.09. The summed E-state index contributed by atoms with van der Waals surface area (Å²) in [5.74, 6) is 0.228. The maximum atomic E-state index is 9.96. The summed E-state index contributed by atoms with van der Waals surface area (Å²) < 4.78 is 12.8. The number of unbranched alkanes of at least 4 members (excludes halogenated alkanes) is 6. The second kappa shape index (κ2) is 10.8. The van der Waals surface area contributed by atoms with Crippen LogP contribution in [-0.2, 0) is 13.1 Å². The van der Waals surface area contributed by atoms with Crippen LogP contribution in [0.4, 0.5) is 11.8 Å². The summed E-state index contributed by atoms with van der Waals surface area (Å²) in [5.41, 5.74) is 0. The molecule has 2 rings (SSSR count). The highest BCUT2D eigenvalue weighted by atomic mass is 16.5. The van der Waals surface area contributed by atoms with Gasteiger partial charge in [-0.1, -0.05) is 28.6 Å². The molecule has 0 aromatic carbocycles. The average Bonchev–Trinajstić information content (AvgIpc) is 3.24. The molecule has 0 fully saturated rings. The third-order valence-corrected chi connectivity index (χ3v) is 3.55. The monoisotopic (exact) mass is 352 g/mol. The molecular formula is C13H20N8O4.